The van der Waals surface area contributed by atoms with E-state index in [0.717, 1.165) is 50.4 Å². The molecule has 7 aromatic rings. The molecule has 0 N–H and O–H groups in total. The average molecular weight is 735 g/mol. The molecule has 0 saturated carbocycles. The first-order chi connectivity index (χ1) is 20.7. The van der Waals surface area contributed by atoms with Crippen molar-refractivity contribution in [1.82, 2.24) is 19.1 Å². The van der Waals surface area contributed by atoms with Gasteiger partial charge in [0.2, 0.25) is 11.4 Å². The molecule has 0 unspecified atom stereocenters. The number of aryl methyl sites for hydroxylation is 2. The van der Waals surface area contributed by atoms with Gasteiger partial charge in [-0.3, -0.25) is 0 Å². The van der Waals surface area contributed by atoms with Crippen molar-refractivity contribution in [2.75, 3.05) is 0 Å². The number of hydrogen-bond donors (Lipinski definition) is 0. The van der Waals surface area contributed by atoms with E-state index in [1.807, 2.05) is 77.4 Å². The summed E-state index contributed by atoms with van der Waals surface area (Å²) < 4.78 is 10.3. The van der Waals surface area contributed by atoms with Crippen LogP contribution in [-0.4, -0.2) is 16.0 Å². The van der Waals surface area contributed by atoms with Gasteiger partial charge in [-0.05, 0) is 53.4 Å². The van der Waals surface area contributed by atoms with Crippen LogP contribution in [0.1, 0.15) is 11.1 Å². The van der Waals surface area contributed by atoms with Crippen molar-refractivity contribution < 1.29 is 24.5 Å². The van der Waals surface area contributed by atoms with Crippen molar-refractivity contribution in [3.63, 3.8) is 0 Å². The van der Waals surface area contributed by atoms with E-state index in [1.54, 1.807) is 12.4 Å². The number of para-hydroxylation sites is 2. The SMILES string of the molecule is Cc1cc(C)cc([N+]2=C=[N+](c3[c-]ccc4c3oc3ncccc34)c3ccccc32)c1.[Ir].[c-]1ccccc1-c1ccccn1. The number of benzene rings is 4. The molecule has 6 heteroatoms. The minimum Gasteiger partial charge on any atom is -0.495 e. The van der Waals surface area contributed by atoms with E-state index in [2.05, 4.69) is 82.9 Å². The van der Waals surface area contributed by atoms with Crippen LogP contribution < -0.4 is 9.15 Å². The molecular weight excluding hydrogens is 709 g/mol. The average Bonchev–Trinajstić information content (AvgIpc) is 3.61. The van der Waals surface area contributed by atoms with Crippen molar-refractivity contribution in [3.05, 3.63) is 145 Å². The third-order valence-electron chi connectivity index (χ3n) is 7.09. The molecular formula is C37H26IrN4O. The van der Waals surface area contributed by atoms with Crippen molar-refractivity contribution in [2.45, 2.75) is 13.8 Å². The summed E-state index contributed by atoms with van der Waals surface area (Å²) in [5, 5.41) is 2.03. The van der Waals surface area contributed by atoms with Gasteiger partial charge in [0.1, 0.15) is 0 Å². The molecule has 0 bridgehead atoms. The van der Waals surface area contributed by atoms with Gasteiger partial charge in [0.25, 0.3) is 11.4 Å². The molecule has 0 amide bonds. The summed E-state index contributed by atoms with van der Waals surface area (Å²) in [7, 11) is 0. The van der Waals surface area contributed by atoms with Crippen LogP contribution in [0.2, 0.25) is 0 Å². The number of furan rings is 1. The molecule has 1 aliphatic rings. The molecule has 0 spiro atoms. The zero-order valence-electron chi connectivity index (χ0n) is 23.6. The smallest absolute Gasteiger partial charge is 0.495 e. The van der Waals surface area contributed by atoms with E-state index in [-0.39, 0.29) is 20.1 Å². The Hall–Kier alpha value is -4.99. The molecule has 8 rings (SSSR count). The Morgan fingerprint density at radius 3 is 2.16 bits per heavy atom. The van der Waals surface area contributed by atoms with E-state index in [9.17, 15) is 0 Å². The number of nitrogens with zero attached hydrogens (tertiary/aromatic N) is 4. The van der Waals surface area contributed by atoms with Crippen LogP contribution >= 0.6 is 0 Å². The maximum atomic E-state index is 6.15. The van der Waals surface area contributed by atoms with E-state index >= 15 is 0 Å². The maximum absolute atomic E-state index is 6.15. The number of fused-ring (bicyclic) bond motifs is 4. The van der Waals surface area contributed by atoms with E-state index in [4.69, 9.17) is 4.42 Å². The van der Waals surface area contributed by atoms with Gasteiger partial charge in [0.15, 0.2) is 5.69 Å². The van der Waals surface area contributed by atoms with Gasteiger partial charge in [-0.1, -0.05) is 40.3 Å². The monoisotopic (exact) mass is 735 g/mol. The Morgan fingerprint density at radius 1 is 0.674 bits per heavy atom. The topological polar surface area (TPSA) is 44.9 Å². The minimum absolute atomic E-state index is 0. The van der Waals surface area contributed by atoms with Gasteiger partial charge in [-0.15, -0.1) is 42.0 Å². The third kappa shape index (κ3) is 5.48. The van der Waals surface area contributed by atoms with Crippen molar-refractivity contribution in [1.29, 1.82) is 0 Å². The van der Waals surface area contributed by atoms with E-state index < -0.39 is 0 Å². The van der Waals surface area contributed by atoms with Crippen LogP contribution in [0, 0.1) is 26.0 Å². The van der Waals surface area contributed by atoms with E-state index in [0.29, 0.717) is 5.71 Å². The van der Waals surface area contributed by atoms with E-state index in [1.165, 1.54) is 11.1 Å². The first-order valence-electron chi connectivity index (χ1n) is 13.8. The summed E-state index contributed by atoms with van der Waals surface area (Å²) in [6.07, 6.45) is 3.54. The summed E-state index contributed by atoms with van der Waals surface area (Å²) >= 11 is 0. The van der Waals surface area contributed by atoms with Gasteiger partial charge < -0.3 is 9.40 Å². The normalized spacial score (nSPS) is 11.7. The summed E-state index contributed by atoms with van der Waals surface area (Å²) in [6.45, 7) is 4.23. The number of rotatable bonds is 3. The maximum Gasteiger partial charge on any atom is 0.501 e. The van der Waals surface area contributed by atoms with Gasteiger partial charge in [-0.2, -0.15) is 12.1 Å². The number of hydrogen-bond acceptors (Lipinski definition) is 3. The van der Waals surface area contributed by atoms with Crippen molar-refractivity contribution in [3.8, 4) is 11.3 Å². The molecule has 3 aromatic heterocycles. The summed E-state index contributed by atoms with van der Waals surface area (Å²) in [5.74, 6) is 0. The minimum atomic E-state index is 0. The summed E-state index contributed by atoms with van der Waals surface area (Å²) in [6, 6.07) is 46.5. The van der Waals surface area contributed by atoms with Gasteiger partial charge in [-0.25, -0.2) is 4.98 Å². The molecule has 4 aromatic carbocycles. The second-order valence-corrected chi connectivity index (χ2v) is 10.1. The third-order valence-corrected chi connectivity index (χ3v) is 7.09. The van der Waals surface area contributed by atoms with Gasteiger partial charge in [0, 0.05) is 62.2 Å². The van der Waals surface area contributed by atoms with Gasteiger partial charge >= 0.3 is 6.01 Å². The van der Waals surface area contributed by atoms with Gasteiger partial charge in [0.05, 0.1) is 5.58 Å². The zero-order chi connectivity index (χ0) is 28.5. The molecule has 43 heavy (non-hydrogen) atoms. The Bertz CT molecular complexity index is 2090. The van der Waals surface area contributed by atoms with Crippen LogP contribution in [0.3, 0.4) is 0 Å². The zero-order valence-corrected chi connectivity index (χ0v) is 26.0. The van der Waals surface area contributed by atoms with Crippen LogP contribution in [0.25, 0.3) is 33.3 Å². The summed E-state index contributed by atoms with van der Waals surface area (Å²) in [5.41, 5.74) is 9.86. The Balaban J connectivity index is 0.000000213. The Morgan fingerprint density at radius 2 is 1.42 bits per heavy atom. The Labute approximate surface area is 263 Å². The molecule has 1 radical (unpaired) electrons. The van der Waals surface area contributed by atoms with Crippen LogP contribution in [0.4, 0.5) is 22.7 Å². The van der Waals surface area contributed by atoms with Crippen molar-refractivity contribution >= 4 is 50.8 Å². The standard InChI is InChI=1S/C26H18N3O.C11H8N.Ir/c1-17-13-18(2)15-19(14-17)28-16-29(23-10-4-3-9-22(23)28)24-11-5-7-20-21-8-6-12-27-26(21)30-25(20)24;1-2-6-10(7-3-1)11-8-4-5-9-12-11;/h3-10,12-15H,1-2H3;1-6,8-9H;/q+1;-1;. The first-order valence-corrected chi connectivity index (χ1v) is 13.8. The number of aromatic nitrogens is 2. The fourth-order valence-corrected chi connectivity index (χ4v) is 5.30. The van der Waals surface area contributed by atoms with Crippen LogP contribution in [0.15, 0.2) is 126 Å². The predicted molar refractivity (Wildman–Crippen MR) is 169 cm³/mol. The fourth-order valence-electron chi connectivity index (χ4n) is 5.30. The molecule has 0 aliphatic carbocycles. The molecule has 5 nitrogen and oxygen atoms in total. The molecule has 1 aliphatic heterocycles. The summed E-state index contributed by atoms with van der Waals surface area (Å²) in [4.78, 5) is 8.60. The van der Waals surface area contributed by atoms with Crippen LogP contribution in [-0.2, 0) is 20.1 Å². The molecule has 0 fully saturated rings. The number of pyridine rings is 2. The second kappa shape index (κ2) is 12.1. The largest absolute Gasteiger partial charge is 0.501 e. The molecule has 4 heterocycles. The predicted octanol–water partition coefficient (Wildman–Crippen LogP) is 8.80. The van der Waals surface area contributed by atoms with Crippen LogP contribution in [0.5, 0.6) is 0 Å². The molecule has 0 saturated heterocycles. The Kier molecular flexibility index (Phi) is 7.91. The quantitative estimate of drug-likeness (QED) is 0.135. The fraction of sp³-hybridized carbons (Fsp3) is 0.0541. The molecule has 209 valence electrons. The molecule has 0 atom stereocenters. The second-order valence-electron chi connectivity index (χ2n) is 10.1. The van der Waals surface area contributed by atoms with Crippen molar-refractivity contribution in [2.24, 2.45) is 0 Å². The first kappa shape index (κ1) is 28.1.